The van der Waals surface area contributed by atoms with Gasteiger partial charge in [-0.1, -0.05) is 0 Å². The summed E-state index contributed by atoms with van der Waals surface area (Å²) in [6.45, 7) is 1.85. The molecule has 21 heavy (non-hydrogen) atoms. The van der Waals surface area contributed by atoms with E-state index in [-0.39, 0.29) is 12.3 Å². The molecule has 0 fully saturated rings. The van der Waals surface area contributed by atoms with Crippen molar-refractivity contribution in [3.05, 3.63) is 30.5 Å². The molecule has 7 nitrogen and oxygen atoms in total. The first kappa shape index (κ1) is 12.3. The molecule has 0 amide bonds. The van der Waals surface area contributed by atoms with Crippen LogP contribution in [0.2, 0.25) is 0 Å². The zero-order valence-corrected chi connectivity index (χ0v) is 12.0. The highest BCUT2D eigenvalue weighted by Gasteiger charge is 2.17. The van der Waals surface area contributed by atoms with E-state index in [1.54, 1.807) is 17.1 Å². The maximum Gasteiger partial charge on any atom is 0.179 e. The molecule has 4 rings (SSSR count). The predicted octanol–water partition coefficient (Wildman–Crippen LogP) is 2.17. The van der Waals surface area contributed by atoms with Crippen LogP contribution in [0, 0.1) is 6.92 Å². The lowest BCUT2D eigenvalue weighted by atomic mass is 10.2. The van der Waals surface area contributed by atoms with Crippen LogP contribution in [0.15, 0.2) is 24.7 Å². The third kappa shape index (κ3) is 1.67. The lowest BCUT2D eigenvalue weighted by Gasteiger charge is -2.01. The van der Waals surface area contributed by atoms with Gasteiger partial charge in [-0.2, -0.15) is 5.10 Å². The van der Waals surface area contributed by atoms with Crippen molar-refractivity contribution in [1.82, 2.24) is 33.3 Å². The molecule has 0 saturated carbocycles. The summed E-state index contributed by atoms with van der Waals surface area (Å²) >= 11 is 0.116. The van der Waals surface area contributed by atoms with E-state index in [9.17, 15) is 3.89 Å². The van der Waals surface area contributed by atoms with E-state index in [0.717, 1.165) is 16.9 Å². The van der Waals surface area contributed by atoms with Crippen molar-refractivity contribution in [2.24, 2.45) is 7.05 Å². The van der Waals surface area contributed by atoms with Gasteiger partial charge in [0.05, 0.1) is 23.6 Å². The minimum Gasteiger partial charge on any atom is -0.275 e. The maximum atomic E-state index is 13.4. The second-order valence-electron chi connectivity index (χ2n) is 4.70. The van der Waals surface area contributed by atoms with Crippen molar-refractivity contribution >= 4 is 29.1 Å². The largest absolute Gasteiger partial charge is 0.275 e. The first-order valence-electron chi connectivity index (χ1n) is 6.19. The summed E-state index contributed by atoms with van der Waals surface area (Å²) in [6.07, 6.45) is 5.11. The van der Waals surface area contributed by atoms with Crippen LogP contribution in [0.25, 0.3) is 28.1 Å². The second-order valence-corrected chi connectivity index (χ2v) is 5.21. The predicted molar refractivity (Wildman–Crippen MR) is 77.3 cm³/mol. The Hall–Kier alpha value is -2.42. The Morgan fingerprint density at radius 3 is 2.81 bits per heavy atom. The van der Waals surface area contributed by atoms with E-state index < -0.39 is 0 Å². The van der Waals surface area contributed by atoms with Crippen LogP contribution in [-0.4, -0.2) is 33.3 Å². The standard InChI is InChI=1S/C12H10FN7S/c1-7-16-17-11-5-14-12-10(19(7)11)3-9(20(12)21-13)8-4-15-18(2)6-8/h3-6H,1-2H3. The summed E-state index contributed by atoms with van der Waals surface area (Å²) in [6, 6.07) is 1.87. The van der Waals surface area contributed by atoms with Crippen molar-refractivity contribution in [3.8, 4) is 11.3 Å². The van der Waals surface area contributed by atoms with Crippen LogP contribution >= 0.6 is 12.3 Å². The molecule has 4 aromatic rings. The van der Waals surface area contributed by atoms with Gasteiger partial charge in [0.2, 0.25) is 0 Å². The number of fused-ring (bicyclic) bond motifs is 3. The highest BCUT2D eigenvalue weighted by molar-refractivity contribution is 7.93. The number of halogens is 1. The summed E-state index contributed by atoms with van der Waals surface area (Å²) in [7, 11) is 1.82. The molecule has 0 aliphatic carbocycles. The molecule has 0 radical (unpaired) electrons. The van der Waals surface area contributed by atoms with Crippen molar-refractivity contribution in [1.29, 1.82) is 0 Å². The first-order chi connectivity index (χ1) is 10.2. The molecule has 0 unspecified atom stereocenters. The first-order valence-corrected chi connectivity index (χ1v) is 6.86. The zero-order valence-electron chi connectivity index (χ0n) is 11.2. The van der Waals surface area contributed by atoms with Crippen LogP contribution in [0.4, 0.5) is 3.89 Å². The number of rotatable bonds is 2. The highest BCUT2D eigenvalue weighted by Crippen LogP contribution is 2.31. The van der Waals surface area contributed by atoms with Crippen LogP contribution < -0.4 is 0 Å². The Labute approximate surface area is 122 Å². The number of aryl methyl sites for hydroxylation is 2. The molecule has 0 aromatic carbocycles. The summed E-state index contributed by atoms with van der Waals surface area (Å²) in [5.41, 5.74) is 3.44. The fourth-order valence-corrected chi connectivity index (χ4v) is 2.90. The lowest BCUT2D eigenvalue weighted by molar-refractivity contribution is 0.768. The van der Waals surface area contributed by atoms with E-state index in [0.29, 0.717) is 17.0 Å². The van der Waals surface area contributed by atoms with Crippen LogP contribution in [0.3, 0.4) is 0 Å². The minimum absolute atomic E-state index is 0.116. The molecule has 0 atom stereocenters. The van der Waals surface area contributed by atoms with Gasteiger partial charge in [0.15, 0.2) is 23.6 Å². The third-order valence-electron chi connectivity index (χ3n) is 3.38. The van der Waals surface area contributed by atoms with E-state index in [1.165, 1.54) is 3.97 Å². The zero-order chi connectivity index (χ0) is 14.6. The summed E-state index contributed by atoms with van der Waals surface area (Å²) in [4.78, 5) is 4.30. The van der Waals surface area contributed by atoms with Crippen LogP contribution in [0.1, 0.15) is 5.82 Å². The average Bonchev–Trinajstić information content (AvgIpc) is 3.15. The Morgan fingerprint density at radius 2 is 2.10 bits per heavy atom. The van der Waals surface area contributed by atoms with Crippen molar-refractivity contribution in [2.75, 3.05) is 0 Å². The van der Waals surface area contributed by atoms with E-state index in [1.807, 2.05) is 30.6 Å². The fourth-order valence-electron chi connectivity index (χ4n) is 2.46. The Kier molecular flexibility index (Phi) is 2.52. The van der Waals surface area contributed by atoms with Crippen molar-refractivity contribution < 1.29 is 3.89 Å². The van der Waals surface area contributed by atoms with Gasteiger partial charge >= 0.3 is 0 Å². The molecule has 106 valence electrons. The van der Waals surface area contributed by atoms with Gasteiger partial charge in [-0.05, 0) is 13.0 Å². The highest BCUT2D eigenvalue weighted by atomic mass is 32.2. The fraction of sp³-hybridized carbons (Fsp3) is 0.167. The van der Waals surface area contributed by atoms with Gasteiger partial charge in [-0.3, -0.25) is 9.08 Å². The van der Waals surface area contributed by atoms with Gasteiger partial charge < -0.3 is 0 Å². The number of nitrogens with zero attached hydrogens (tertiary/aromatic N) is 7. The van der Waals surface area contributed by atoms with Crippen molar-refractivity contribution in [2.45, 2.75) is 6.92 Å². The van der Waals surface area contributed by atoms with Gasteiger partial charge in [0, 0.05) is 18.8 Å². The Balaban J connectivity index is 2.12. The molecule has 0 spiro atoms. The lowest BCUT2D eigenvalue weighted by Crippen LogP contribution is -1.93. The van der Waals surface area contributed by atoms with E-state index in [2.05, 4.69) is 20.3 Å². The topological polar surface area (TPSA) is 65.8 Å². The summed E-state index contributed by atoms with van der Waals surface area (Å²) < 4.78 is 18.4. The summed E-state index contributed by atoms with van der Waals surface area (Å²) in [5.74, 6) is 0.733. The molecular formula is C12H10FN7S. The molecule has 0 N–H and O–H groups in total. The molecule has 4 aromatic heterocycles. The Bertz CT molecular complexity index is 967. The monoisotopic (exact) mass is 303 g/mol. The van der Waals surface area contributed by atoms with E-state index in [4.69, 9.17) is 0 Å². The van der Waals surface area contributed by atoms with E-state index >= 15 is 0 Å². The SMILES string of the molecule is Cc1nnc2cnc3c(cc(-c4cnn(C)c4)n3SF)n12. The molecule has 0 saturated heterocycles. The molecule has 0 bridgehead atoms. The Morgan fingerprint density at radius 1 is 1.24 bits per heavy atom. The third-order valence-corrected chi connectivity index (χ3v) is 3.88. The molecule has 4 heterocycles. The normalized spacial score (nSPS) is 11.8. The summed E-state index contributed by atoms with van der Waals surface area (Å²) in [5, 5.41) is 12.2. The van der Waals surface area contributed by atoms with Crippen LogP contribution in [-0.2, 0) is 7.05 Å². The van der Waals surface area contributed by atoms with Gasteiger partial charge in [-0.25, -0.2) is 8.96 Å². The van der Waals surface area contributed by atoms with Gasteiger partial charge in [0.25, 0.3) is 0 Å². The number of hydrogen-bond acceptors (Lipinski definition) is 5. The van der Waals surface area contributed by atoms with Crippen LogP contribution in [0.5, 0.6) is 0 Å². The number of aromatic nitrogens is 7. The van der Waals surface area contributed by atoms with Gasteiger partial charge in [0.1, 0.15) is 5.82 Å². The van der Waals surface area contributed by atoms with Gasteiger partial charge in [-0.15, -0.1) is 14.1 Å². The molecule has 0 aliphatic heterocycles. The second kappa shape index (κ2) is 4.29. The maximum absolute atomic E-state index is 13.4. The average molecular weight is 303 g/mol. The number of hydrogen-bond donors (Lipinski definition) is 0. The quantitative estimate of drug-likeness (QED) is 0.568. The molecule has 0 aliphatic rings. The minimum atomic E-state index is 0.116. The molecular weight excluding hydrogens is 293 g/mol. The smallest absolute Gasteiger partial charge is 0.179 e. The molecule has 9 heteroatoms. The van der Waals surface area contributed by atoms with Crippen molar-refractivity contribution in [3.63, 3.8) is 0 Å².